The van der Waals surface area contributed by atoms with E-state index in [1.54, 1.807) is 18.2 Å². The van der Waals surface area contributed by atoms with E-state index in [1.165, 1.54) is 0 Å². The van der Waals surface area contributed by atoms with Gasteiger partial charge in [-0.1, -0.05) is 12.1 Å². The van der Waals surface area contributed by atoms with Crippen molar-refractivity contribution in [1.82, 2.24) is 5.32 Å². The van der Waals surface area contributed by atoms with Crippen LogP contribution in [0.4, 0.5) is 0 Å². The van der Waals surface area contributed by atoms with Crippen LogP contribution >= 0.6 is 22.6 Å². The number of ether oxygens (including phenoxy) is 1. The van der Waals surface area contributed by atoms with Crippen molar-refractivity contribution in [1.29, 1.82) is 5.26 Å². The minimum absolute atomic E-state index is 0.232. The minimum Gasteiger partial charge on any atom is -0.452 e. The van der Waals surface area contributed by atoms with Gasteiger partial charge in [-0.25, -0.2) is 4.79 Å². The van der Waals surface area contributed by atoms with E-state index in [0.29, 0.717) is 5.56 Å². The SMILES string of the molecule is N#CCCNC(=O)COC(=O)c1ccccc1I. The standard InChI is InChI=1S/C12H11IN2O3/c13-10-5-2-1-4-9(10)12(17)18-8-11(16)15-7-3-6-14/h1-2,4-5H,3,7-8H2,(H,15,16). The maximum Gasteiger partial charge on any atom is 0.339 e. The van der Waals surface area contributed by atoms with Crippen molar-refractivity contribution in [3.63, 3.8) is 0 Å². The number of amides is 1. The largest absolute Gasteiger partial charge is 0.452 e. The number of esters is 1. The molecule has 0 spiro atoms. The number of carbonyl (C=O) groups is 2. The number of nitriles is 1. The van der Waals surface area contributed by atoms with E-state index in [1.807, 2.05) is 34.7 Å². The molecule has 0 saturated heterocycles. The van der Waals surface area contributed by atoms with Gasteiger partial charge in [-0.15, -0.1) is 0 Å². The summed E-state index contributed by atoms with van der Waals surface area (Å²) >= 11 is 2.02. The Kier molecular flexibility index (Phi) is 6.14. The van der Waals surface area contributed by atoms with Crippen LogP contribution in [0, 0.1) is 14.9 Å². The van der Waals surface area contributed by atoms with Gasteiger partial charge in [-0.2, -0.15) is 5.26 Å². The first-order chi connectivity index (χ1) is 8.65. The molecule has 0 aliphatic rings. The molecule has 1 amide bonds. The molecule has 1 aromatic rings. The van der Waals surface area contributed by atoms with Gasteiger partial charge in [0.05, 0.1) is 18.1 Å². The number of nitrogens with one attached hydrogen (secondary N) is 1. The first-order valence-electron chi connectivity index (χ1n) is 5.20. The first-order valence-corrected chi connectivity index (χ1v) is 6.28. The molecule has 94 valence electrons. The van der Waals surface area contributed by atoms with Gasteiger partial charge in [0, 0.05) is 10.1 Å². The summed E-state index contributed by atoms with van der Waals surface area (Å²) in [7, 11) is 0. The molecule has 1 aromatic carbocycles. The molecule has 6 heteroatoms. The number of carbonyl (C=O) groups excluding carboxylic acids is 2. The third kappa shape index (κ3) is 4.71. The highest BCUT2D eigenvalue weighted by atomic mass is 127. The Hall–Kier alpha value is -1.62. The molecule has 0 saturated carbocycles. The molecule has 1 rings (SSSR count). The Labute approximate surface area is 118 Å². The summed E-state index contributed by atoms with van der Waals surface area (Å²) in [6.45, 7) is -0.0784. The van der Waals surface area contributed by atoms with Crippen molar-refractivity contribution in [3.8, 4) is 6.07 Å². The lowest BCUT2D eigenvalue weighted by molar-refractivity contribution is -0.124. The highest BCUT2D eigenvalue weighted by Crippen LogP contribution is 2.12. The van der Waals surface area contributed by atoms with E-state index in [0.717, 1.165) is 3.57 Å². The van der Waals surface area contributed by atoms with Crippen LogP contribution in [0.3, 0.4) is 0 Å². The van der Waals surface area contributed by atoms with Crippen LogP contribution in [0.2, 0.25) is 0 Å². The van der Waals surface area contributed by atoms with E-state index >= 15 is 0 Å². The van der Waals surface area contributed by atoms with Crippen LogP contribution in [-0.2, 0) is 9.53 Å². The fraction of sp³-hybridized carbons (Fsp3) is 0.250. The van der Waals surface area contributed by atoms with E-state index in [9.17, 15) is 9.59 Å². The second kappa shape index (κ2) is 7.66. The summed E-state index contributed by atoms with van der Waals surface area (Å²) in [5.74, 6) is -0.944. The summed E-state index contributed by atoms with van der Waals surface area (Å²) in [5, 5.41) is 10.8. The Bertz CT molecular complexity index is 482. The molecule has 0 aliphatic heterocycles. The van der Waals surface area contributed by atoms with Gasteiger partial charge in [-0.3, -0.25) is 4.79 Å². The van der Waals surface area contributed by atoms with E-state index in [-0.39, 0.29) is 19.6 Å². The van der Waals surface area contributed by atoms with Gasteiger partial charge in [0.15, 0.2) is 6.61 Å². The lowest BCUT2D eigenvalue weighted by atomic mass is 10.2. The summed E-state index contributed by atoms with van der Waals surface area (Å²) in [5.41, 5.74) is 0.433. The van der Waals surface area contributed by atoms with Crippen LogP contribution in [0.5, 0.6) is 0 Å². The number of halogens is 1. The topological polar surface area (TPSA) is 79.2 Å². The molecule has 0 heterocycles. The minimum atomic E-state index is -0.532. The lowest BCUT2D eigenvalue weighted by Crippen LogP contribution is -2.29. The van der Waals surface area contributed by atoms with Crippen molar-refractivity contribution in [3.05, 3.63) is 33.4 Å². The van der Waals surface area contributed by atoms with Crippen molar-refractivity contribution in [2.45, 2.75) is 6.42 Å². The Morgan fingerprint density at radius 1 is 1.39 bits per heavy atom. The normalized spacial score (nSPS) is 9.33. The maximum atomic E-state index is 11.6. The number of hydrogen-bond acceptors (Lipinski definition) is 4. The van der Waals surface area contributed by atoms with Crippen LogP contribution in [-0.4, -0.2) is 25.0 Å². The van der Waals surface area contributed by atoms with Gasteiger partial charge < -0.3 is 10.1 Å². The molecule has 0 atom stereocenters. The quantitative estimate of drug-likeness (QED) is 0.491. The Morgan fingerprint density at radius 2 is 2.11 bits per heavy atom. The molecule has 0 aromatic heterocycles. The Morgan fingerprint density at radius 3 is 2.78 bits per heavy atom. The van der Waals surface area contributed by atoms with Crippen LogP contribution < -0.4 is 5.32 Å². The van der Waals surface area contributed by atoms with E-state index in [2.05, 4.69) is 5.32 Å². The number of benzene rings is 1. The summed E-state index contributed by atoms with van der Waals surface area (Å²) in [6.07, 6.45) is 0.232. The van der Waals surface area contributed by atoms with Crippen molar-refractivity contribution in [2.24, 2.45) is 0 Å². The fourth-order valence-corrected chi connectivity index (χ4v) is 1.75. The van der Waals surface area contributed by atoms with Gasteiger partial charge in [0.1, 0.15) is 0 Å². The molecule has 0 bridgehead atoms. The van der Waals surface area contributed by atoms with E-state index in [4.69, 9.17) is 10.00 Å². The third-order valence-corrected chi connectivity index (χ3v) is 2.93. The Balaban J connectivity index is 2.40. The average Bonchev–Trinajstić information content (AvgIpc) is 2.37. The van der Waals surface area contributed by atoms with Crippen LogP contribution in [0.15, 0.2) is 24.3 Å². The average molecular weight is 358 g/mol. The molecule has 5 nitrogen and oxygen atoms in total. The zero-order valence-electron chi connectivity index (χ0n) is 9.48. The number of hydrogen-bond donors (Lipinski definition) is 1. The third-order valence-electron chi connectivity index (χ3n) is 1.99. The number of rotatable bonds is 5. The van der Waals surface area contributed by atoms with Crippen molar-refractivity contribution in [2.75, 3.05) is 13.2 Å². The first kappa shape index (κ1) is 14.4. The second-order valence-corrected chi connectivity index (χ2v) is 4.48. The maximum absolute atomic E-state index is 11.6. The predicted octanol–water partition coefficient (Wildman–Crippen LogP) is 1.48. The highest BCUT2D eigenvalue weighted by Gasteiger charge is 2.12. The molecular weight excluding hydrogens is 347 g/mol. The monoisotopic (exact) mass is 358 g/mol. The van der Waals surface area contributed by atoms with Gasteiger partial charge >= 0.3 is 5.97 Å². The molecule has 0 unspecified atom stereocenters. The van der Waals surface area contributed by atoms with Crippen LogP contribution in [0.25, 0.3) is 0 Å². The molecule has 0 radical (unpaired) electrons. The molecular formula is C12H11IN2O3. The summed E-state index contributed by atoms with van der Waals surface area (Å²) in [4.78, 5) is 22.9. The summed E-state index contributed by atoms with van der Waals surface area (Å²) in [6, 6.07) is 8.86. The van der Waals surface area contributed by atoms with Gasteiger partial charge in [0.25, 0.3) is 5.91 Å². The molecule has 18 heavy (non-hydrogen) atoms. The van der Waals surface area contributed by atoms with Gasteiger partial charge in [0.2, 0.25) is 0 Å². The predicted molar refractivity (Wildman–Crippen MR) is 72.7 cm³/mol. The van der Waals surface area contributed by atoms with Crippen LogP contribution in [0.1, 0.15) is 16.8 Å². The van der Waals surface area contributed by atoms with Gasteiger partial charge in [-0.05, 0) is 34.7 Å². The summed E-state index contributed by atoms with van der Waals surface area (Å²) < 4.78 is 5.63. The molecule has 0 aliphatic carbocycles. The zero-order valence-corrected chi connectivity index (χ0v) is 11.6. The second-order valence-electron chi connectivity index (χ2n) is 3.31. The van der Waals surface area contributed by atoms with Crippen molar-refractivity contribution >= 4 is 34.5 Å². The molecule has 0 fully saturated rings. The highest BCUT2D eigenvalue weighted by molar-refractivity contribution is 14.1. The molecule has 1 N–H and O–H groups in total. The lowest BCUT2D eigenvalue weighted by Gasteiger charge is -2.06. The fourth-order valence-electron chi connectivity index (χ4n) is 1.14. The number of nitrogens with zero attached hydrogens (tertiary/aromatic N) is 1. The van der Waals surface area contributed by atoms with Crippen molar-refractivity contribution < 1.29 is 14.3 Å². The van der Waals surface area contributed by atoms with E-state index < -0.39 is 11.9 Å². The smallest absolute Gasteiger partial charge is 0.339 e. The zero-order chi connectivity index (χ0) is 13.4.